The van der Waals surface area contributed by atoms with E-state index in [-0.39, 0.29) is 0 Å². The molecular weight excluding hydrogens is 262 g/mol. The highest BCUT2D eigenvalue weighted by molar-refractivity contribution is 5.63. The Morgan fingerprint density at radius 1 is 1.19 bits per heavy atom. The Morgan fingerprint density at radius 2 is 2.00 bits per heavy atom. The standard InChI is InChI=1S/C16H23N5/c1-10-5-7-14(8-12(10)3)21-16(18-19-20-21)13-6-4-11(2)15(17)9-13/h4,6,9-10,12,14H,5,7-8,17H2,1-3H3. The van der Waals surface area contributed by atoms with Crippen molar-refractivity contribution in [3.05, 3.63) is 23.8 Å². The van der Waals surface area contributed by atoms with Gasteiger partial charge < -0.3 is 5.73 Å². The van der Waals surface area contributed by atoms with Crippen LogP contribution in [0.1, 0.15) is 44.7 Å². The largest absolute Gasteiger partial charge is 0.398 e. The zero-order chi connectivity index (χ0) is 15.0. The molecule has 1 aromatic carbocycles. The molecule has 1 saturated carbocycles. The Bertz CT molecular complexity index is 633. The summed E-state index contributed by atoms with van der Waals surface area (Å²) < 4.78 is 1.99. The number of nitrogens with two attached hydrogens (primary N) is 1. The van der Waals surface area contributed by atoms with Gasteiger partial charge in [0.05, 0.1) is 6.04 Å². The number of rotatable bonds is 2. The Labute approximate surface area is 125 Å². The Hall–Kier alpha value is -1.91. The van der Waals surface area contributed by atoms with Gasteiger partial charge in [0, 0.05) is 11.3 Å². The van der Waals surface area contributed by atoms with E-state index in [1.54, 1.807) is 0 Å². The molecule has 21 heavy (non-hydrogen) atoms. The molecule has 3 unspecified atom stereocenters. The molecule has 2 N–H and O–H groups in total. The first-order chi connectivity index (χ1) is 10.1. The van der Waals surface area contributed by atoms with Gasteiger partial charge in [-0.3, -0.25) is 0 Å². The molecule has 0 saturated heterocycles. The average Bonchev–Trinajstić information content (AvgIpc) is 2.94. The lowest BCUT2D eigenvalue weighted by Gasteiger charge is -2.32. The van der Waals surface area contributed by atoms with Gasteiger partial charge >= 0.3 is 0 Å². The molecule has 1 heterocycles. The van der Waals surface area contributed by atoms with Crippen molar-refractivity contribution in [1.29, 1.82) is 0 Å². The molecule has 1 aliphatic carbocycles. The summed E-state index contributed by atoms with van der Waals surface area (Å²) in [4.78, 5) is 0. The van der Waals surface area contributed by atoms with Crippen LogP contribution >= 0.6 is 0 Å². The van der Waals surface area contributed by atoms with Crippen molar-refractivity contribution in [3.8, 4) is 11.4 Å². The van der Waals surface area contributed by atoms with Crippen molar-refractivity contribution in [1.82, 2.24) is 20.2 Å². The molecule has 3 rings (SSSR count). The van der Waals surface area contributed by atoms with Crippen molar-refractivity contribution in [2.45, 2.75) is 46.1 Å². The lowest BCUT2D eigenvalue weighted by molar-refractivity contribution is 0.200. The summed E-state index contributed by atoms with van der Waals surface area (Å²) in [6.07, 6.45) is 3.52. The van der Waals surface area contributed by atoms with Crippen LogP contribution < -0.4 is 5.73 Å². The minimum absolute atomic E-state index is 0.392. The predicted molar refractivity (Wildman–Crippen MR) is 83.6 cm³/mol. The van der Waals surface area contributed by atoms with E-state index in [2.05, 4.69) is 29.4 Å². The monoisotopic (exact) mass is 285 g/mol. The van der Waals surface area contributed by atoms with Gasteiger partial charge in [0.15, 0.2) is 5.82 Å². The molecule has 1 fully saturated rings. The van der Waals surface area contributed by atoms with Gasteiger partial charge in [0.1, 0.15) is 0 Å². The molecule has 0 bridgehead atoms. The number of aryl methyl sites for hydroxylation is 1. The lowest BCUT2D eigenvalue weighted by Crippen LogP contribution is -2.24. The van der Waals surface area contributed by atoms with E-state index in [1.165, 1.54) is 6.42 Å². The quantitative estimate of drug-likeness (QED) is 0.860. The van der Waals surface area contributed by atoms with Crippen LogP contribution in [-0.4, -0.2) is 20.2 Å². The number of hydrogen-bond donors (Lipinski definition) is 1. The number of nitrogens with zero attached hydrogens (tertiary/aromatic N) is 4. The van der Waals surface area contributed by atoms with Crippen LogP contribution in [0.3, 0.4) is 0 Å². The van der Waals surface area contributed by atoms with Crippen LogP contribution in [0, 0.1) is 18.8 Å². The van der Waals surface area contributed by atoms with E-state index in [1.807, 2.05) is 29.8 Å². The zero-order valence-corrected chi connectivity index (χ0v) is 13.0. The third kappa shape index (κ3) is 2.64. The Balaban J connectivity index is 1.92. The number of nitrogen functional groups attached to an aromatic ring is 1. The lowest BCUT2D eigenvalue weighted by atomic mass is 9.79. The topological polar surface area (TPSA) is 69.6 Å². The predicted octanol–water partition coefficient (Wildman–Crippen LogP) is 3.23. The first kappa shape index (κ1) is 14.0. The molecule has 0 amide bonds. The Kier molecular flexibility index (Phi) is 3.66. The summed E-state index contributed by atoms with van der Waals surface area (Å²) in [7, 11) is 0. The molecule has 3 atom stereocenters. The molecule has 112 valence electrons. The normalized spacial score (nSPS) is 26.0. The van der Waals surface area contributed by atoms with Gasteiger partial charge in [-0.15, -0.1) is 5.10 Å². The maximum Gasteiger partial charge on any atom is 0.182 e. The van der Waals surface area contributed by atoms with Gasteiger partial charge in [-0.1, -0.05) is 26.0 Å². The molecule has 0 radical (unpaired) electrons. The molecule has 1 aromatic heterocycles. The molecule has 5 nitrogen and oxygen atoms in total. The van der Waals surface area contributed by atoms with Crippen LogP contribution in [0.2, 0.25) is 0 Å². The Morgan fingerprint density at radius 3 is 2.71 bits per heavy atom. The van der Waals surface area contributed by atoms with E-state index in [0.29, 0.717) is 12.0 Å². The number of hydrogen-bond acceptors (Lipinski definition) is 4. The van der Waals surface area contributed by atoms with Gasteiger partial charge in [0.2, 0.25) is 0 Å². The van der Waals surface area contributed by atoms with Crippen molar-refractivity contribution < 1.29 is 0 Å². The second-order valence-electron chi connectivity index (χ2n) is 6.44. The van der Waals surface area contributed by atoms with Gasteiger partial charge in [-0.2, -0.15) is 0 Å². The minimum atomic E-state index is 0.392. The highest BCUT2D eigenvalue weighted by atomic mass is 15.5. The highest BCUT2D eigenvalue weighted by Gasteiger charge is 2.28. The number of tetrazole rings is 1. The molecule has 2 aromatic rings. The third-order valence-corrected chi connectivity index (χ3v) is 4.95. The zero-order valence-electron chi connectivity index (χ0n) is 13.0. The number of aromatic nitrogens is 4. The van der Waals surface area contributed by atoms with Crippen LogP contribution in [0.4, 0.5) is 5.69 Å². The second kappa shape index (κ2) is 5.47. The van der Waals surface area contributed by atoms with Gasteiger partial charge in [-0.25, -0.2) is 4.68 Å². The van der Waals surface area contributed by atoms with E-state index in [4.69, 9.17) is 5.73 Å². The molecule has 5 heteroatoms. The average molecular weight is 285 g/mol. The van der Waals surface area contributed by atoms with Gasteiger partial charge in [0.25, 0.3) is 0 Å². The summed E-state index contributed by atoms with van der Waals surface area (Å²) in [5.74, 6) is 2.33. The van der Waals surface area contributed by atoms with Crippen LogP contribution in [0.5, 0.6) is 0 Å². The highest BCUT2D eigenvalue weighted by Crippen LogP contribution is 2.37. The van der Waals surface area contributed by atoms with E-state index >= 15 is 0 Å². The summed E-state index contributed by atoms with van der Waals surface area (Å²) >= 11 is 0. The summed E-state index contributed by atoms with van der Waals surface area (Å²) in [6, 6.07) is 6.42. The summed E-state index contributed by atoms with van der Waals surface area (Å²) in [5.41, 5.74) is 8.88. The number of anilines is 1. The fourth-order valence-electron chi connectivity index (χ4n) is 3.15. The van der Waals surface area contributed by atoms with Crippen molar-refractivity contribution in [2.24, 2.45) is 11.8 Å². The smallest absolute Gasteiger partial charge is 0.182 e. The fourth-order valence-corrected chi connectivity index (χ4v) is 3.15. The third-order valence-electron chi connectivity index (χ3n) is 4.95. The summed E-state index contributed by atoms with van der Waals surface area (Å²) in [6.45, 7) is 6.67. The van der Waals surface area contributed by atoms with Crippen LogP contribution in [0.15, 0.2) is 18.2 Å². The first-order valence-corrected chi connectivity index (χ1v) is 7.70. The van der Waals surface area contributed by atoms with Crippen LogP contribution in [-0.2, 0) is 0 Å². The molecular formula is C16H23N5. The molecule has 1 aliphatic rings. The summed E-state index contributed by atoms with van der Waals surface area (Å²) in [5, 5.41) is 12.4. The maximum atomic E-state index is 6.02. The maximum absolute atomic E-state index is 6.02. The van der Waals surface area contributed by atoms with Crippen molar-refractivity contribution in [2.75, 3.05) is 5.73 Å². The second-order valence-corrected chi connectivity index (χ2v) is 6.44. The van der Waals surface area contributed by atoms with E-state index in [9.17, 15) is 0 Å². The van der Waals surface area contributed by atoms with Crippen LogP contribution in [0.25, 0.3) is 11.4 Å². The van der Waals surface area contributed by atoms with E-state index < -0.39 is 0 Å². The van der Waals surface area contributed by atoms with Crippen molar-refractivity contribution in [3.63, 3.8) is 0 Å². The minimum Gasteiger partial charge on any atom is -0.398 e. The SMILES string of the molecule is Cc1ccc(-c2nnnn2C2CCC(C)C(C)C2)cc1N. The van der Waals surface area contributed by atoms with Crippen molar-refractivity contribution >= 4 is 5.69 Å². The number of benzene rings is 1. The van der Waals surface area contributed by atoms with E-state index in [0.717, 1.165) is 41.4 Å². The first-order valence-electron chi connectivity index (χ1n) is 7.70. The van der Waals surface area contributed by atoms with Gasteiger partial charge in [-0.05, 0) is 60.1 Å². The fraction of sp³-hybridized carbons (Fsp3) is 0.562. The molecule has 0 aliphatic heterocycles. The molecule has 0 spiro atoms.